The number of nitrogens with one attached hydrogen (secondary N) is 1. The zero-order valence-corrected chi connectivity index (χ0v) is 18.1. The number of alkyl halides is 3. The highest BCUT2D eigenvalue weighted by molar-refractivity contribution is 5.83. The van der Waals surface area contributed by atoms with Crippen molar-refractivity contribution in [2.24, 2.45) is 0 Å². The number of rotatable bonds is 5. The van der Waals surface area contributed by atoms with Crippen LogP contribution in [-0.4, -0.2) is 33.9 Å². The number of imidazole rings is 1. The van der Waals surface area contributed by atoms with E-state index < -0.39 is 12.1 Å². The fraction of sp³-hybridized carbons (Fsp3) is 0.217. The number of benzene rings is 2. The molecule has 0 saturated carbocycles. The van der Waals surface area contributed by atoms with E-state index >= 15 is 0 Å². The lowest BCUT2D eigenvalue weighted by molar-refractivity contribution is -0.192. The first-order chi connectivity index (χ1) is 15.6. The van der Waals surface area contributed by atoms with Crippen LogP contribution in [-0.2, 0) is 11.3 Å². The first-order valence-corrected chi connectivity index (χ1v) is 9.80. The average molecular weight is 461 g/mol. The number of halogens is 3. The molecule has 0 bridgehead atoms. The van der Waals surface area contributed by atoms with Crippen LogP contribution in [0.4, 0.5) is 18.9 Å². The molecule has 33 heavy (non-hydrogen) atoms. The van der Waals surface area contributed by atoms with Gasteiger partial charge in [-0.25, -0.2) is 9.78 Å². The second kappa shape index (κ2) is 9.68. The van der Waals surface area contributed by atoms with Gasteiger partial charge in [0.1, 0.15) is 5.76 Å². The van der Waals surface area contributed by atoms with Crippen molar-refractivity contribution in [2.75, 3.05) is 12.4 Å². The van der Waals surface area contributed by atoms with E-state index in [9.17, 15) is 13.2 Å². The number of aromatic nitrogens is 2. The number of aliphatic carboxylic acids is 1. The maximum absolute atomic E-state index is 10.6. The Morgan fingerprint density at radius 1 is 1.18 bits per heavy atom. The summed E-state index contributed by atoms with van der Waals surface area (Å²) in [5.41, 5.74) is 5.13. The molecule has 2 aromatic heterocycles. The zero-order chi connectivity index (χ0) is 24.2. The Morgan fingerprint density at radius 2 is 1.85 bits per heavy atom. The first kappa shape index (κ1) is 23.7. The Bertz CT molecular complexity index is 1240. The number of hydrogen-bond donors (Lipinski definition) is 2. The molecule has 0 amide bonds. The van der Waals surface area contributed by atoms with Gasteiger partial charge in [-0.05, 0) is 50.2 Å². The molecule has 0 fully saturated rings. The van der Waals surface area contributed by atoms with Crippen molar-refractivity contribution in [1.29, 1.82) is 0 Å². The Kier molecular flexibility index (Phi) is 6.95. The second-order valence-corrected chi connectivity index (χ2v) is 7.08. The lowest BCUT2D eigenvalue weighted by Gasteiger charge is -2.08. The number of anilines is 1. The smallest absolute Gasteiger partial charge is 0.490 e. The van der Waals surface area contributed by atoms with Gasteiger partial charge < -0.3 is 24.1 Å². The Hall–Kier alpha value is -3.95. The highest BCUT2D eigenvalue weighted by Crippen LogP contribution is 2.29. The van der Waals surface area contributed by atoms with Crippen molar-refractivity contribution >= 4 is 22.6 Å². The Morgan fingerprint density at radius 3 is 2.39 bits per heavy atom. The third-order valence-corrected chi connectivity index (χ3v) is 4.89. The fourth-order valence-corrected chi connectivity index (χ4v) is 3.03. The van der Waals surface area contributed by atoms with Crippen molar-refractivity contribution in [3.8, 4) is 11.4 Å². The summed E-state index contributed by atoms with van der Waals surface area (Å²) in [6, 6.07) is 16.2. The minimum Gasteiger partial charge on any atom is -0.493 e. The summed E-state index contributed by atoms with van der Waals surface area (Å²) in [5, 5.41) is 11.6. The molecule has 0 radical (unpaired) electrons. The summed E-state index contributed by atoms with van der Waals surface area (Å²) in [7, 11) is 1.65. The number of para-hydroxylation sites is 1. The van der Waals surface area contributed by atoms with Crippen LogP contribution in [0.2, 0.25) is 0 Å². The monoisotopic (exact) mass is 461 g/mol. The lowest BCUT2D eigenvalue weighted by Crippen LogP contribution is -2.21. The van der Waals surface area contributed by atoms with Crippen LogP contribution in [0, 0.1) is 13.8 Å². The first-order valence-electron chi connectivity index (χ1n) is 9.80. The number of hydrogen-bond acceptors (Lipinski definition) is 5. The van der Waals surface area contributed by atoms with Crippen molar-refractivity contribution in [3.05, 3.63) is 72.0 Å². The molecule has 0 aliphatic heterocycles. The fourth-order valence-electron chi connectivity index (χ4n) is 3.03. The molecule has 0 saturated heterocycles. The van der Waals surface area contributed by atoms with Gasteiger partial charge in [0, 0.05) is 22.5 Å². The van der Waals surface area contributed by atoms with Gasteiger partial charge in [-0.1, -0.05) is 12.1 Å². The van der Waals surface area contributed by atoms with Crippen LogP contribution in [0.25, 0.3) is 16.7 Å². The van der Waals surface area contributed by atoms with Gasteiger partial charge in [0.2, 0.25) is 0 Å². The predicted octanol–water partition coefficient (Wildman–Crippen LogP) is 5.49. The van der Waals surface area contributed by atoms with Crippen molar-refractivity contribution in [2.45, 2.75) is 26.6 Å². The van der Waals surface area contributed by atoms with Gasteiger partial charge in [0.15, 0.2) is 11.3 Å². The van der Waals surface area contributed by atoms with E-state index in [1.165, 1.54) is 0 Å². The number of carbonyl (C=O) groups is 1. The van der Waals surface area contributed by atoms with E-state index in [2.05, 4.69) is 46.1 Å². The maximum Gasteiger partial charge on any atom is 0.490 e. The average Bonchev–Trinajstić information content (AvgIpc) is 3.35. The summed E-state index contributed by atoms with van der Waals surface area (Å²) < 4.78 is 45.1. The van der Waals surface area contributed by atoms with Crippen molar-refractivity contribution < 1.29 is 32.2 Å². The molecule has 2 aromatic carbocycles. The molecule has 0 aliphatic rings. The topological polar surface area (TPSA) is 89.5 Å². The van der Waals surface area contributed by atoms with E-state index in [-0.39, 0.29) is 0 Å². The molecular formula is C23H22F3N3O4. The normalized spacial score (nSPS) is 11.1. The number of nitrogens with zero attached hydrogens (tertiary/aromatic N) is 2. The number of carboxylic acids is 1. The number of furan rings is 1. The minimum atomic E-state index is -5.08. The van der Waals surface area contributed by atoms with Gasteiger partial charge in [-0.3, -0.25) is 0 Å². The molecular weight excluding hydrogens is 439 g/mol. The molecule has 7 nitrogen and oxygen atoms in total. The molecule has 4 aromatic rings. The summed E-state index contributed by atoms with van der Waals surface area (Å²) in [6.45, 7) is 4.70. The number of fused-ring (bicyclic) bond motifs is 1. The maximum atomic E-state index is 10.6. The van der Waals surface area contributed by atoms with Crippen LogP contribution < -0.4 is 10.1 Å². The van der Waals surface area contributed by atoms with Crippen LogP contribution in [0.5, 0.6) is 5.75 Å². The minimum absolute atomic E-state index is 0.612. The van der Waals surface area contributed by atoms with Crippen LogP contribution >= 0.6 is 0 Å². The van der Waals surface area contributed by atoms with E-state index in [1.54, 1.807) is 7.11 Å². The molecule has 2 heterocycles. The molecule has 2 N–H and O–H groups in total. The van der Waals surface area contributed by atoms with E-state index in [0.717, 1.165) is 45.2 Å². The standard InChI is InChI=1S/C21H21N3O2.C2HF3O2/c1-14-15(2)24(13-23-14)18-9-7-17(8-10-18)22-12-19-11-16-5-4-6-20(25-3)21(16)26-19;3-2(4,5)1(6)7/h4-11,13,22H,12H2,1-3H3;(H,6,7). The number of carboxylic acid groups (broad SMARTS) is 1. The quantitative estimate of drug-likeness (QED) is 0.409. The molecule has 0 spiro atoms. The van der Waals surface area contributed by atoms with E-state index in [0.29, 0.717) is 6.54 Å². The van der Waals surface area contributed by atoms with Crippen LogP contribution in [0.1, 0.15) is 17.1 Å². The van der Waals surface area contributed by atoms with Gasteiger partial charge in [-0.2, -0.15) is 13.2 Å². The molecule has 4 rings (SSSR count). The summed E-state index contributed by atoms with van der Waals surface area (Å²) in [6.07, 6.45) is -3.23. The van der Waals surface area contributed by atoms with Crippen LogP contribution in [0.15, 0.2) is 59.3 Å². The van der Waals surface area contributed by atoms with Gasteiger partial charge >= 0.3 is 12.1 Å². The van der Waals surface area contributed by atoms with Crippen LogP contribution in [0.3, 0.4) is 0 Å². The Labute approximate surface area is 187 Å². The SMILES string of the molecule is COc1cccc2cc(CNc3ccc(-n4cnc(C)c4C)cc3)oc12.O=C(O)C(F)(F)F. The summed E-state index contributed by atoms with van der Waals surface area (Å²) in [5.74, 6) is -1.13. The van der Waals surface area contributed by atoms with Crippen molar-refractivity contribution in [1.82, 2.24) is 9.55 Å². The van der Waals surface area contributed by atoms with Crippen molar-refractivity contribution in [3.63, 3.8) is 0 Å². The second-order valence-electron chi connectivity index (χ2n) is 7.08. The van der Waals surface area contributed by atoms with Gasteiger partial charge in [-0.15, -0.1) is 0 Å². The highest BCUT2D eigenvalue weighted by atomic mass is 19.4. The van der Waals surface area contributed by atoms with E-state index in [4.69, 9.17) is 19.1 Å². The number of methoxy groups -OCH3 is 1. The highest BCUT2D eigenvalue weighted by Gasteiger charge is 2.38. The summed E-state index contributed by atoms with van der Waals surface area (Å²) in [4.78, 5) is 13.2. The predicted molar refractivity (Wildman–Crippen MR) is 117 cm³/mol. The molecule has 0 atom stereocenters. The summed E-state index contributed by atoms with van der Waals surface area (Å²) >= 11 is 0. The molecule has 10 heteroatoms. The third kappa shape index (κ3) is 5.65. The Balaban J connectivity index is 0.000000383. The number of aryl methyl sites for hydroxylation is 1. The lowest BCUT2D eigenvalue weighted by atomic mass is 10.2. The molecule has 0 unspecified atom stereocenters. The van der Waals surface area contributed by atoms with E-state index in [1.807, 2.05) is 37.5 Å². The van der Waals surface area contributed by atoms with Gasteiger partial charge in [0.05, 0.1) is 25.7 Å². The third-order valence-electron chi connectivity index (χ3n) is 4.89. The molecule has 0 aliphatic carbocycles. The largest absolute Gasteiger partial charge is 0.493 e. The zero-order valence-electron chi connectivity index (χ0n) is 18.1. The molecule has 174 valence electrons. The van der Waals surface area contributed by atoms with Gasteiger partial charge in [0.25, 0.3) is 0 Å². The number of ether oxygens (including phenoxy) is 1.